The van der Waals surface area contributed by atoms with E-state index in [4.69, 9.17) is 20.1 Å². The summed E-state index contributed by atoms with van der Waals surface area (Å²) in [6.07, 6.45) is -4.45. The maximum atomic E-state index is 11.8. The molecule has 0 aromatic rings. The van der Waals surface area contributed by atoms with E-state index in [1.165, 1.54) is 6.92 Å². The summed E-state index contributed by atoms with van der Waals surface area (Å²) in [6, 6.07) is 0. The van der Waals surface area contributed by atoms with Crippen LogP contribution in [0, 0.1) is 5.92 Å². The van der Waals surface area contributed by atoms with Gasteiger partial charge in [-0.2, -0.15) is 0 Å². The highest BCUT2D eigenvalue weighted by Crippen LogP contribution is 2.31. The first-order valence-corrected chi connectivity index (χ1v) is 6.25. The van der Waals surface area contributed by atoms with Gasteiger partial charge in [-0.25, -0.2) is 10.7 Å². The van der Waals surface area contributed by atoms with Crippen LogP contribution in [0.5, 0.6) is 0 Å². The Balaban J connectivity index is 3.12. The summed E-state index contributed by atoms with van der Waals surface area (Å²) in [5, 5.41) is 0. The molecule has 0 aromatic carbocycles. The van der Waals surface area contributed by atoms with Crippen LogP contribution in [0.3, 0.4) is 0 Å². The van der Waals surface area contributed by atoms with E-state index in [0.29, 0.717) is 0 Å². The van der Waals surface area contributed by atoms with Crippen LogP contribution in [-0.2, 0) is 38.2 Å². The van der Waals surface area contributed by atoms with Gasteiger partial charge in [0.15, 0.2) is 18.5 Å². The maximum Gasteiger partial charge on any atom is 0.339 e. The van der Waals surface area contributed by atoms with Crippen LogP contribution in [0.1, 0.15) is 20.8 Å². The van der Waals surface area contributed by atoms with Crippen molar-refractivity contribution in [3.05, 3.63) is 0 Å². The third-order valence-electron chi connectivity index (χ3n) is 3.02. The highest BCUT2D eigenvalue weighted by Gasteiger charge is 2.51. The molecule has 9 heteroatoms. The average Bonchev–Trinajstić information content (AvgIpc) is 2.41. The van der Waals surface area contributed by atoms with Crippen molar-refractivity contribution < 1.29 is 38.2 Å². The van der Waals surface area contributed by atoms with Gasteiger partial charge in [0.25, 0.3) is 0 Å². The number of hydrogen-bond donors (Lipinski definition) is 1. The van der Waals surface area contributed by atoms with Crippen LogP contribution in [0.15, 0.2) is 0 Å². The molecule has 9 nitrogen and oxygen atoms in total. The molecule has 0 radical (unpaired) electrons. The lowest BCUT2D eigenvalue weighted by Crippen LogP contribution is -2.60. The van der Waals surface area contributed by atoms with Gasteiger partial charge < -0.3 is 18.9 Å². The summed E-state index contributed by atoms with van der Waals surface area (Å²) in [6.45, 7) is 3.98. The molecule has 1 aliphatic heterocycles. The lowest BCUT2D eigenvalue weighted by atomic mass is 9.91. The van der Waals surface area contributed by atoms with E-state index in [9.17, 15) is 14.4 Å². The molecule has 0 spiro atoms. The second-order valence-electron chi connectivity index (χ2n) is 4.59. The van der Waals surface area contributed by atoms with Crippen molar-refractivity contribution in [2.45, 2.75) is 45.4 Å². The van der Waals surface area contributed by atoms with Crippen LogP contribution < -0.4 is 5.90 Å². The third-order valence-corrected chi connectivity index (χ3v) is 3.02. The summed E-state index contributed by atoms with van der Waals surface area (Å²) in [7, 11) is 1.15. The number of methoxy groups -OCH3 is 1. The number of esters is 3. The molecule has 0 saturated carbocycles. The van der Waals surface area contributed by atoms with Crippen molar-refractivity contribution in [2.75, 3.05) is 7.11 Å². The molecule has 0 bridgehead atoms. The van der Waals surface area contributed by atoms with Gasteiger partial charge in [-0.15, -0.1) is 0 Å². The minimum Gasteiger partial charge on any atom is -0.467 e. The first-order chi connectivity index (χ1) is 9.81. The van der Waals surface area contributed by atoms with Gasteiger partial charge in [0.05, 0.1) is 7.11 Å². The van der Waals surface area contributed by atoms with Crippen molar-refractivity contribution in [1.82, 2.24) is 0 Å². The number of ether oxygens (including phenoxy) is 4. The van der Waals surface area contributed by atoms with Gasteiger partial charge >= 0.3 is 17.9 Å². The van der Waals surface area contributed by atoms with Crippen LogP contribution in [-0.4, -0.2) is 49.6 Å². The highest BCUT2D eigenvalue weighted by molar-refractivity contribution is 5.77. The quantitative estimate of drug-likeness (QED) is 0.407. The second-order valence-corrected chi connectivity index (χ2v) is 4.59. The van der Waals surface area contributed by atoms with Gasteiger partial charge in [-0.05, 0) is 0 Å². The Morgan fingerprint density at radius 3 is 2.00 bits per heavy atom. The zero-order valence-electron chi connectivity index (χ0n) is 12.2. The predicted octanol–water partition coefficient (Wildman–Crippen LogP) is -0.726. The topological polar surface area (TPSA) is 123 Å². The summed E-state index contributed by atoms with van der Waals surface area (Å²) >= 11 is 0. The van der Waals surface area contributed by atoms with Crippen LogP contribution >= 0.6 is 0 Å². The second kappa shape index (κ2) is 7.34. The smallest absolute Gasteiger partial charge is 0.339 e. The molecule has 0 amide bonds. The summed E-state index contributed by atoms with van der Waals surface area (Å²) < 4.78 is 20.1. The summed E-state index contributed by atoms with van der Waals surface area (Å²) in [5.41, 5.74) is 0. The Kier molecular flexibility index (Phi) is 6.06. The zero-order valence-corrected chi connectivity index (χ0v) is 12.2. The van der Waals surface area contributed by atoms with E-state index in [0.717, 1.165) is 14.0 Å². The monoisotopic (exact) mass is 305 g/mol. The maximum absolute atomic E-state index is 11.8. The average molecular weight is 305 g/mol. The van der Waals surface area contributed by atoms with E-state index in [1.54, 1.807) is 6.92 Å². The van der Waals surface area contributed by atoms with Gasteiger partial charge in [0.1, 0.15) is 6.10 Å². The minimum absolute atomic E-state index is 0.566. The van der Waals surface area contributed by atoms with Gasteiger partial charge in [0, 0.05) is 19.8 Å². The Hall–Kier alpha value is -1.71. The number of nitrogens with two attached hydrogens (primary N) is 1. The van der Waals surface area contributed by atoms with Crippen molar-refractivity contribution in [1.29, 1.82) is 0 Å². The molecule has 1 fully saturated rings. The Morgan fingerprint density at radius 2 is 1.57 bits per heavy atom. The number of carbonyl (C=O) groups is 3. The molecule has 1 rings (SSSR count). The summed E-state index contributed by atoms with van der Waals surface area (Å²) in [5.74, 6) is 2.48. The number of hydrogen-bond acceptors (Lipinski definition) is 9. The molecule has 1 saturated heterocycles. The molecule has 1 heterocycles. The van der Waals surface area contributed by atoms with E-state index in [1.807, 2.05) is 0 Å². The van der Waals surface area contributed by atoms with Crippen LogP contribution in [0.25, 0.3) is 0 Å². The van der Waals surface area contributed by atoms with Crippen LogP contribution in [0.4, 0.5) is 0 Å². The first kappa shape index (κ1) is 17.3. The molecule has 1 unspecified atom stereocenters. The van der Waals surface area contributed by atoms with E-state index in [-0.39, 0.29) is 0 Å². The Bertz CT molecular complexity index is 412. The Morgan fingerprint density at radius 1 is 1.05 bits per heavy atom. The molecule has 120 valence electrons. The van der Waals surface area contributed by atoms with Gasteiger partial charge in [-0.3, -0.25) is 14.4 Å². The largest absolute Gasteiger partial charge is 0.467 e. The molecular formula is C12H19NO8. The zero-order chi connectivity index (χ0) is 16.2. The molecule has 0 aromatic heterocycles. The van der Waals surface area contributed by atoms with Crippen molar-refractivity contribution >= 4 is 17.9 Å². The number of rotatable bonds is 4. The number of carbonyl (C=O) groups excluding carboxylic acids is 3. The molecule has 0 aliphatic carbocycles. The Labute approximate surface area is 121 Å². The highest BCUT2D eigenvalue weighted by atomic mass is 16.8. The normalized spacial score (nSPS) is 32.1. The lowest BCUT2D eigenvalue weighted by molar-refractivity contribution is -0.283. The van der Waals surface area contributed by atoms with Crippen LogP contribution in [0.2, 0.25) is 0 Å². The van der Waals surface area contributed by atoms with Gasteiger partial charge in [-0.1, -0.05) is 6.92 Å². The fourth-order valence-electron chi connectivity index (χ4n) is 2.12. The van der Waals surface area contributed by atoms with Gasteiger partial charge in [0.2, 0.25) is 0 Å². The predicted molar refractivity (Wildman–Crippen MR) is 66.2 cm³/mol. The first-order valence-electron chi connectivity index (χ1n) is 6.25. The molecule has 2 N–H and O–H groups in total. The molecular weight excluding hydrogens is 286 g/mol. The van der Waals surface area contributed by atoms with Crippen molar-refractivity contribution in [2.24, 2.45) is 11.8 Å². The fourth-order valence-corrected chi connectivity index (χ4v) is 2.12. The van der Waals surface area contributed by atoms with E-state index >= 15 is 0 Å². The molecule has 1 aliphatic rings. The SMILES string of the molecule is COC(=O)C1O[C@@H](ON)[C@H](C)[C@@H](OC(C)=O)[C@@H]1OC(C)=O. The van der Waals surface area contributed by atoms with E-state index in [2.05, 4.69) is 9.57 Å². The van der Waals surface area contributed by atoms with E-state index < -0.39 is 48.4 Å². The molecule has 5 atom stereocenters. The minimum atomic E-state index is -1.31. The van der Waals surface area contributed by atoms with Crippen molar-refractivity contribution in [3.63, 3.8) is 0 Å². The summed E-state index contributed by atoms with van der Waals surface area (Å²) in [4.78, 5) is 38.9. The third kappa shape index (κ3) is 4.13. The standard InChI is InChI=1S/C12H19NO8/c1-5-8(18-6(2)14)9(19-7(3)15)10(11(16)17-4)20-12(5)21-13/h5,8-10,12H,13H2,1-4H3/t5-,8-,9+,10?,12+/m1/s1. The molecule has 21 heavy (non-hydrogen) atoms. The van der Waals surface area contributed by atoms with Crippen molar-refractivity contribution in [3.8, 4) is 0 Å². The fraction of sp³-hybridized carbons (Fsp3) is 0.750. The lowest BCUT2D eigenvalue weighted by Gasteiger charge is -2.42.